The first kappa shape index (κ1) is 23.0. The highest BCUT2D eigenvalue weighted by Crippen LogP contribution is 2.43. The topological polar surface area (TPSA) is 38.7 Å². The Balaban J connectivity index is 3.35. The minimum Gasteiger partial charge on any atom is -0.541 e. The summed E-state index contributed by atoms with van der Waals surface area (Å²) in [7, 11) is -3.95. The van der Waals surface area contributed by atoms with Crippen LogP contribution in [-0.4, -0.2) is 28.3 Å². The second-order valence-electron chi connectivity index (χ2n) is 10.0. The van der Waals surface area contributed by atoms with Crippen molar-refractivity contribution in [2.75, 3.05) is 6.61 Å². The molecule has 0 atom stereocenters. The van der Waals surface area contributed by atoms with E-state index in [1.807, 2.05) is 24.3 Å². The zero-order valence-corrected chi connectivity index (χ0v) is 20.4. The highest BCUT2D eigenvalue weighted by molar-refractivity contribution is 6.75. The molecule has 0 aliphatic carbocycles. The Labute approximate surface area is 162 Å². The maximum Gasteiger partial charge on any atom is 0.250 e. The Morgan fingerprint density at radius 2 is 1.31 bits per heavy atom. The van der Waals surface area contributed by atoms with Gasteiger partial charge in [-0.2, -0.15) is 0 Å². The van der Waals surface area contributed by atoms with Gasteiger partial charge in [0.25, 0.3) is 16.6 Å². The third-order valence-corrected chi connectivity index (χ3v) is 14.4. The first-order chi connectivity index (χ1) is 11.6. The summed E-state index contributed by atoms with van der Waals surface area (Å²) in [5, 5.41) is 9.29. The molecule has 0 heterocycles. The normalized spacial score (nSPS) is 14.0. The van der Waals surface area contributed by atoms with Gasteiger partial charge in [-0.25, -0.2) is 0 Å². The molecule has 0 aromatic heterocycles. The largest absolute Gasteiger partial charge is 0.541 e. The molecular weight excluding hydrogens is 356 g/mol. The SMILES string of the molecule is CC(C)(C)[Si](C)(C)Oc1ccc(C=CCO)cc1O[Si](C)(C)C(C)(C)C. The molecule has 0 bridgehead atoms. The number of hydrogen-bond donors (Lipinski definition) is 1. The fraction of sp³-hybridized carbons (Fsp3) is 0.619. The fourth-order valence-electron chi connectivity index (χ4n) is 1.84. The van der Waals surface area contributed by atoms with E-state index in [1.165, 1.54) is 0 Å². The van der Waals surface area contributed by atoms with E-state index in [1.54, 1.807) is 6.08 Å². The van der Waals surface area contributed by atoms with Crippen LogP contribution in [0, 0.1) is 0 Å². The van der Waals surface area contributed by atoms with Crippen LogP contribution in [0.4, 0.5) is 0 Å². The third-order valence-electron chi connectivity index (χ3n) is 5.73. The molecule has 0 saturated carbocycles. The highest BCUT2D eigenvalue weighted by atomic mass is 28.4. The molecule has 0 aliphatic heterocycles. The Bertz CT molecular complexity index is 636. The van der Waals surface area contributed by atoms with Crippen molar-refractivity contribution >= 4 is 22.7 Å². The molecule has 1 aromatic carbocycles. The maximum absolute atomic E-state index is 9.06. The summed E-state index contributed by atoms with van der Waals surface area (Å²) in [6.45, 7) is 22.5. The zero-order valence-electron chi connectivity index (χ0n) is 18.4. The fourth-order valence-corrected chi connectivity index (χ4v) is 3.88. The molecule has 0 saturated heterocycles. The lowest BCUT2D eigenvalue weighted by Gasteiger charge is -2.39. The average molecular weight is 395 g/mol. The van der Waals surface area contributed by atoms with Gasteiger partial charge in [0.2, 0.25) is 0 Å². The van der Waals surface area contributed by atoms with Gasteiger partial charge in [-0.1, -0.05) is 59.8 Å². The number of benzene rings is 1. The lowest BCUT2D eigenvalue weighted by Crippen LogP contribution is -2.45. The van der Waals surface area contributed by atoms with Crippen LogP contribution < -0.4 is 8.85 Å². The Hall–Kier alpha value is -1.05. The van der Waals surface area contributed by atoms with E-state index >= 15 is 0 Å². The predicted octanol–water partition coefficient (Wildman–Crippen LogP) is 6.46. The van der Waals surface area contributed by atoms with Crippen LogP contribution in [-0.2, 0) is 0 Å². The van der Waals surface area contributed by atoms with Gasteiger partial charge in [0.1, 0.15) is 11.5 Å². The number of rotatable bonds is 6. The van der Waals surface area contributed by atoms with Crippen LogP contribution in [0.25, 0.3) is 6.08 Å². The lowest BCUT2D eigenvalue weighted by molar-refractivity contribution is 0.343. The van der Waals surface area contributed by atoms with Crippen molar-refractivity contribution in [1.82, 2.24) is 0 Å². The van der Waals surface area contributed by atoms with Crippen LogP contribution in [0.5, 0.6) is 11.5 Å². The number of aliphatic hydroxyl groups excluding tert-OH is 1. The van der Waals surface area contributed by atoms with Gasteiger partial charge in [0, 0.05) is 0 Å². The van der Waals surface area contributed by atoms with E-state index in [2.05, 4.69) is 67.7 Å². The minimum atomic E-state index is -1.99. The van der Waals surface area contributed by atoms with Crippen molar-refractivity contribution < 1.29 is 14.0 Å². The van der Waals surface area contributed by atoms with Gasteiger partial charge in [-0.05, 0) is 54.0 Å². The Kier molecular flexibility index (Phi) is 6.99. The molecule has 0 fully saturated rings. The summed E-state index contributed by atoms with van der Waals surface area (Å²) in [6.07, 6.45) is 3.65. The number of aliphatic hydroxyl groups is 1. The molecule has 0 aliphatic rings. The summed E-state index contributed by atoms with van der Waals surface area (Å²) >= 11 is 0. The zero-order chi connectivity index (χ0) is 20.4. The van der Waals surface area contributed by atoms with Crippen molar-refractivity contribution in [2.24, 2.45) is 0 Å². The second-order valence-corrected chi connectivity index (χ2v) is 19.5. The summed E-state index contributed by atoms with van der Waals surface area (Å²) in [4.78, 5) is 0. The molecule has 1 rings (SSSR count). The standard InChI is InChI=1S/C21H38O3Si2/c1-20(2,3)25(7,8)23-18-14-13-17(12-11-15-22)16-19(18)24-26(9,10)21(4,5)6/h11-14,16,22H,15H2,1-10H3. The van der Waals surface area contributed by atoms with Gasteiger partial charge in [0.15, 0.2) is 0 Å². The molecule has 148 valence electrons. The van der Waals surface area contributed by atoms with Crippen molar-refractivity contribution in [1.29, 1.82) is 0 Å². The van der Waals surface area contributed by atoms with Crippen LogP contribution in [0.15, 0.2) is 24.3 Å². The molecule has 5 heteroatoms. The minimum absolute atomic E-state index is 0.0284. The van der Waals surface area contributed by atoms with Crippen molar-refractivity contribution in [3.63, 3.8) is 0 Å². The van der Waals surface area contributed by atoms with Crippen molar-refractivity contribution in [3.8, 4) is 11.5 Å². The van der Waals surface area contributed by atoms with Crippen molar-refractivity contribution in [2.45, 2.75) is 77.8 Å². The van der Waals surface area contributed by atoms with Gasteiger partial charge in [-0.3, -0.25) is 0 Å². The van der Waals surface area contributed by atoms with E-state index in [-0.39, 0.29) is 16.7 Å². The summed E-state index contributed by atoms with van der Waals surface area (Å²) in [5.74, 6) is 1.66. The Morgan fingerprint density at radius 1 is 0.846 bits per heavy atom. The van der Waals surface area contributed by atoms with Crippen molar-refractivity contribution in [3.05, 3.63) is 29.8 Å². The van der Waals surface area contributed by atoms with Gasteiger partial charge < -0.3 is 14.0 Å². The smallest absolute Gasteiger partial charge is 0.250 e. The van der Waals surface area contributed by atoms with Crippen LogP contribution in [0.3, 0.4) is 0 Å². The molecule has 1 aromatic rings. The van der Waals surface area contributed by atoms with E-state index in [0.29, 0.717) is 0 Å². The van der Waals surface area contributed by atoms with Crippen LogP contribution in [0.1, 0.15) is 47.1 Å². The molecule has 0 amide bonds. The first-order valence-corrected chi connectivity index (χ1v) is 15.2. The average Bonchev–Trinajstić information content (AvgIpc) is 2.44. The summed E-state index contributed by atoms with van der Waals surface area (Å²) in [6, 6.07) is 6.07. The van der Waals surface area contributed by atoms with E-state index < -0.39 is 16.6 Å². The molecule has 26 heavy (non-hydrogen) atoms. The van der Waals surface area contributed by atoms with Gasteiger partial charge in [-0.15, -0.1) is 0 Å². The van der Waals surface area contributed by atoms with Gasteiger partial charge in [0.05, 0.1) is 6.61 Å². The van der Waals surface area contributed by atoms with Crippen LogP contribution in [0.2, 0.25) is 36.3 Å². The molecule has 0 unspecified atom stereocenters. The second kappa shape index (κ2) is 7.91. The summed E-state index contributed by atoms with van der Waals surface area (Å²) in [5.41, 5.74) is 1.01. The maximum atomic E-state index is 9.06. The lowest BCUT2D eigenvalue weighted by atomic mass is 10.2. The first-order valence-electron chi connectivity index (χ1n) is 9.40. The molecule has 1 N–H and O–H groups in total. The number of hydrogen-bond acceptors (Lipinski definition) is 3. The summed E-state index contributed by atoms with van der Waals surface area (Å²) < 4.78 is 13.2. The highest BCUT2D eigenvalue weighted by Gasteiger charge is 2.42. The van der Waals surface area contributed by atoms with Gasteiger partial charge >= 0.3 is 0 Å². The molecule has 0 radical (unpaired) electrons. The molecular formula is C21H38O3Si2. The van der Waals surface area contributed by atoms with E-state index in [4.69, 9.17) is 14.0 Å². The quantitative estimate of drug-likeness (QED) is 0.563. The molecule has 3 nitrogen and oxygen atoms in total. The van der Waals surface area contributed by atoms with E-state index in [0.717, 1.165) is 17.1 Å². The monoisotopic (exact) mass is 394 g/mol. The van der Waals surface area contributed by atoms with E-state index in [9.17, 15) is 0 Å². The Morgan fingerprint density at radius 3 is 1.73 bits per heavy atom. The predicted molar refractivity (Wildman–Crippen MR) is 118 cm³/mol. The van der Waals surface area contributed by atoms with Crippen LogP contribution >= 0.6 is 0 Å². The molecule has 0 spiro atoms. The third kappa shape index (κ3) is 5.73.